The summed E-state index contributed by atoms with van der Waals surface area (Å²) in [6.07, 6.45) is 2.63. The first-order valence-corrected chi connectivity index (χ1v) is 6.33. The standard InChI is InChI=1S/C14H20FNO2/c1-3-4-5-10-16-14(17)11(2)18-13-8-6-12(15)7-9-13/h6-9,11H,3-5,10H2,1-2H3,(H,16,17)/t11-/m0/s1. The highest BCUT2D eigenvalue weighted by molar-refractivity contribution is 5.80. The van der Waals surface area contributed by atoms with Gasteiger partial charge in [-0.1, -0.05) is 19.8 Å². The summed E-state index contributed by atoms with van der Waals surface area (Å²) in [5.74, 6) is 0.0297. The van der Waals surface area contributed by atoms with Gasteiger partial charge in [0.15, 0.2) is 6.10 Å². The zero-order valence-corrected chi connectivity index (χ0v) is 10.9. The fraction of sp³-hybridized carbons (Fsp3) is 0.500. The normalized spacial score (nSPS) is 11.9. The molecule has 1 rings (SSSR count). The maximum absolute atomic E-state index is 12.7. The van der Waals surface area contributed by atoms with Crippen LogP contribution < -0.4 is 10.1 Å². The molecular weight excluding hydrogens is 233 g/mol. The molecule has 1 aromatic carbocycles. The van der Waals surface area contributed by atoms with E-state index in [2.05, 4.69) is 12.2 Å². The number of nitrogens with one attached hydrogen (secondary N) is 1. The largest absolute Gasteiger partial charge is 0.481 e. The average molecular weight is 253 g/mol. The lowest BCUT2D eigenvalue weighted by atomic mass is 10.2. The molecule has 1 aromatic rings. The lowest BCUT2D eigenvalue weighted by Crippen LogP contribution is -2.36. The zero-order chi connectivity index (χ0) is 13.4. The second-order valence-electron chi connectivity index (χ2n) is 4.21. The van der Waals surface area contributed by atoms with Crippen LogP contribution >= 0.6 is 0 Å². The van der Waals surface area contributed by atoms with E-state index in [9.17, 15) is 9.18 Å². The third-order valence-corrected chi connectivity index (χ3v) is 2.58. The Morgan fingerprint density at radius 2 is 2.00 bits per heavy atom. The molecule has 0 saturated carbocycles. The molecule has 0 aromatic heterocycles. The van der Waals surface area contributed by atoms with Crippen LogP contribution in [0.5, 0.6) is 5.75 Å². The Labute approximate surface area is 107 Å². The molecule has 1 N–H and O–H groups in total. The number of halogens is 1. The highest BCUT2D eigenvalue weighted by atomic mass is 19.1. The number of rotatable bonds is 7. The predicted octanol–water partition coefficient (Wildman–Crippen LogP) is 2.90. The average Bonchev–Trinajstić information content (AvgIpc) is 2.37. The third kappa shape index (κ3) is 5.17. The van der Waals surface area contributed by atoms with Gasteiger partial charge in [0.05, 0.1) is 0 Å². The van der Waals surface area contributed by atoms with E-state index in [0.29, 0.717) is 12.3 Å². The smallest absolute Gasteiger partial charge is 0.260 e. The summed E-state index contributed by atoms with van der Waals surface area (Å²) in [6.45, 7) is 4.46. The van der Waals surface area contributed by atoms with Crippen molar-refractivity contribution in [2.45, 2.75) is 39.2 Å². The molecule has 100 valence electrons. The van der Waals surface area contributed by atoms with E-state index < -0.39 is 6.10 Å². The topological polar surface area (TPSA) is 38.3 Å². The molecule has 0 radical (unpaired) electrons. The lowest BCUT2D eigenvalue weighted by Gasteiger charge is -2.14. The van der Waals surface area contributed by atoms with Gasteiger partial charge in [0.2, 0.25) is 0 Å². The van der Waals surface area contributed by atoms with Crippen LogP contribution in [0.4, 0.5) is 4.39 Å². The second kappa shape index (κ2) is 7.69. The molecule has 0 unspecified atom stereocenters. The van der Waals surface area contributed by atoms with Crippen LogP contribution in [0, 0.1) is 5.82 Å². The minimum Gasteiger partial charge on any atom is -0.481 e. The van der Waals surface area contributed by atoms with Gasteiger partial charge in [-0.25, -0.2) is 4.39 Å². The summed E-state index contributed by atoms with van der Waals surface area (Å²) in [4.78, 5) is 11.7. The number of ether oxygens (including phenoxy) is 1. The maximum atomic E-state index is 12.7. The lowest BCUT2D eigenvalue weighted by molar-refractivity contribution is -0.127. The maximum Gasteiger partial charge on any atom is 0.260 e. The molecule has 3 nitrogen and oxygen atoms in total. The Hall–Kier alpha value is -1.58. The van der Waals surface area contributed by atoms with Crippen LogP contribution in [0.2, 0.25) is 0 Å². The molecular formula is C14H20FNO2. The Morgan fingerprint density at radius 3 is 2.61 bits per heavy atom. The summed E-state index contributed by atoms with van der Waals surface area (Å²) in [7, 11) is 0. The number of carbonyl (C=O) groups is 1. The highest BCUT2D eigenvalue weighted by Gasteiger charge is 2.13. The van der Waals surface area contributed by atoms with Crippen LogP contribution in [0.1, 0.15) is 33.1 Å². The van der Waals surface area contributed by atoms with Crippen molar-refractivity contribution in [2.75, 3.05) is 6.54 Å². The first-order valence-electron chi connectivity index (χ1n) is 6.33. The first kappa shape index (κ1) is 14.5. The molecule has 0 saturated heterocycles. The van der Waals surface area contributed by atoms with Crippen LogP contribution in [-0.2, 0) is 4.79 Å². The van der Waals surface area contributed by atoms with E-state index in [4.69, 9.17) is 4.74 Å². The Balaban J connectivity index is 2.33. The van der Waals surface area contributed by atoms with E-state index in [1.165, 1.54) is 24.3 Å². The minimum atomic E-state index is -0.572. The van der Waals surface area contributed by atoms with Gasteiger partial charge in [0.1, 0.15) is 11.6 Å². The Morgan fingerprint density at radius 1 is 1.33 bits per heavy atom. The van der Waals surface area contributed by atoms with Gasteiger partial charge in [-0.2, -0.15) is 0 Å². The van der Waals surface area contributed by atoms with Gasteiger partial charge in [0, 0.05) is 6.54 Å². The van der Waals surface area contributed by atoms with Crippen molar-refractivity contribution in [1.29, 1.82) is 0 Å². The van der Waals surface area contributed by atoms with Crippen molar-refractivity contribution in [1.82, 2.24) is 5.32 Å². The van der Waals surface area contributed by atoms with Crippen molar-refractivity contribution >= 4 is 5.91 Å². The summed E-state index contributed by atoms with van der Waals surface area (Å²) in [5, 5.41) is 2.81. The van der Waals surface area contributed by atoms with E-state index in [-0.39, 0.29) is 11.7 Å². The number of carbonyl (C=O) groups excluding carboxylic acids is 1. The highest BCUT2D eigenvalue weighted by Crippen LogP contribution is 2.12. The monoisotopic (exact) mass is 253 g/mol. The second-order valence-corrected chi connectivity index (χ2v) is 4.21. The molecule has 0 bridgehead atoms. The molecule has 1 amide bonds. The van der Waals surface area contributed by atoms with Crippen molar-refractivity contribution in [3.63, 3.8) is 0 Å². The van der Waals surface area contributed by atoms with Gasteiger partial charge < -0.3 is 10.1 Å². The van der Waals surface area contributed by atoms with Gasteiger partial charge in [-0.05, 0) is 37.6 Å². The summed E-state index contributed by atoms with van der Waals surface area (Å²) in [5.41, 5.74) is 0. The van der Waals surface area contributed by atoms with Crippen LogP contribution in [0.15, 0.2) is 24.3 Å². The fourth-order valence-corrected chi connectivity index (χ4v) is 1.50. The third-order valence-electron chi connectivity index (χ3n) is 2.58. The quantitative estimate of drug-likeness (QED) is 0.759. The number of hydrogen-bond donors (Lipinski definition) is 1. The van der Waals surface area contributed by atoms with Gasteiger partial charge in [-0.3, -0.25) is 4.79 Å². The number of amides is 1. The Bertz CT molecular complexity index is 365. The van der Waals surface area contributed by atoms with E-state index in [1.807, 2.05) is 0 Å². The number of benzene rings is 1. The van der Waals surface area contributed by atoms with Gasteiger partial charge in [-0.15, -0.1) is 0 Å². The van der Waals surface area contributed by atoms with Crippen LogP contribution in [0.3, 0.4) is 0 Å². The van der Waals surface area contributed by atoms with Gasteiger partial charge >= 0.3 is 0 Å². The fourth-order valence-electron chi connectivity index (χ4n) is 1.50. The molecule has 0 fully saturated rings. The van der Waals surface area contributed by atoms with Gasteiger partial charge in [0.25, 0.3) is 5.91 Å². The SMILES string of the molecule is CCCCCNC(=O)[C@H](C)Oc1ccc(F)cc1. The molecule has 0 spiro atoms. The van der Waals surface area contributed by atoms with Crippen molar-refractivity contribution in [2.24, 2.45) is 0 Å². The van der Waals surface area contributed by atoms with Crippen molar-refractivity contribution < 1.29 is 13.9 Å². The number of unbranched alkanes of at least 4 members (excludes halogenated alkanes) is 2. The zero-order valence-electron chi connectivity index (χ0n) is 10.9. The van der Waals surface area contributed by atoms with E-state index in [0.717, 1.165) is 19.3 Å². The predicted molar refractivity (Wildman–Crippen MR) is 69.0 cm³/mol. The molecule has 4 heteroatoms. The molecule has 0 aliphatic heterocycles. The van der Waals surface area contributed by atoms with E-state index >= 15 is 0 Å². The molecule has 18 heavy (non-hydrogen) atoms. The first-order chi connectivity index (χ1) is 8.63. The van der Waals surface area contributed by atoms with Crippen LogP contribution in [-0.4, -0.2) is 18.6 Å². The summed E-state index contributed by atoms with van der Waals surface area (Å²) >= 11 is 0. The van der Waals surface area contributed by atoms with Crippen molar-refractivity contribution in [3.8, 4) is 5.75 Å². The summed E-state index contributed by atoms with van der Waals surface area (Å²) in [6, 6.07) is 5.63. The number of hydrogen-bond acceptors (Lipinski definition) is 2. The molecule has 1 atom stereocenters. The minimum absolute atomic E-state index is 0.143. The van der Waals surface area contributed by atoms with Crippen molar-refractivity contribution in [3.05, 3.63) is 30.1 Å². The van der Waals surface area contributed by atoms with Crippen LogP contribution in [0.25, 0.3) is 0 Å². The summed E-state index contributed by atoms with van der Waals surface area (Å²) < 4.78 is 18.1. The molecule has 0 aliphatic carbocycles. The van der Waals surface area contributed by atoms with E-state index in [1.54, 1.807) is 6.92 Å². The Kier molecular flexibility index (Phi) is 6.19. The molecule has 0 heterocycles. The molecule has 0 aliphatic rings.